The molecule has 2 atom stereocenters. The van der Waals surface area contributed by atoms with Crippen LogP contribution in [0.15, 0.2) is 12.1 Å². The second kappa shape index (κ2) is 7.51. The first kappa shape index (κ1) is 15.9. The van der Waals surface area contributed by atoms with Gasteiger partial charge in [0, 0.05) is 29.7 Å². The normalized spacial score (nSPS) is 19.3. The second-order valence-electron chi connectivity index (χ2n) is 5.19. The minimum atomic E-state index is 0.211. The Bertz CT molecular complexity index is 454. The van der Waals surface area contributed by atoms with Crippen molar-refractivity contribution in [3.8, 4) is 5.75 Å². The standard InChI is InChI=1S/C15H21Cl2NO2/c1-2-10(3-5-19)9-18-14-4-6-20-15-12(14)7-11(16)8-13(15)17/h7-8,10,14,18-19H,2-6,9H2,1H3. The Balaban J connectivity index is 2.08. The number of fused-ring (bicyclic) bond motifs is 1. The van der Waals surface area contributed by atoms with Crippen molar-refractivity contribution in [1.82, 2.24) is 5.32 Å². The highest BCUT2D eigenvalue weighted by Gasteiger charge is 2.24. The van der Waals surface area contributed by atoms with Gasteiger partial charge in [0.05, 0.1) is 11.6 Å². The van der Waals surface area contributed by atoms with Gasteiger partial charge in [-0.1, -0.05) is 36.5 Å². The Labute approximate surface area is 130 Å². The van der Waals surface area contributed by atoms with E-state index < -0.39 is 0 Å². The van der Waals surface area contributed by atoms with Gasteiger partial charge in [-0.05, 0) is 31.0 Å². The van der Waals surface area contributed by atoms with E-state index in [0.717, 1.165) is 37.1 Å². The van der Waals surface area contributed by atoms with Gasteiger partial charge in [-0.2, -0.15) is 0 Å². The molecule has 2 unspecified atom stereocenters. The molecule has 0 saturated heterocycles. The number of rotatable bonds is 6. The number of ether oxygens (including phenoxy) is 1. The molecule has 2 rings (SSSR count). The quantitative estimate of drug-likeness (QED) is 0.838. The Morgan fingerprint density at radius 2 is 2.25 bits per heavy atom. The summed E-state index contributed by atoms with van der Waals surface area (Å²) in [6.45, 7) is 3.92. The smallest absolute Gasteiger partial charge is 0.142 e. The van der Waals surface area contributed by atoms with Gasteiger partial charge in [0.1, 0.15) is 5.75 Å². The predicted molar refractivity (Wildman–Crippen MR) is 82.8 cm³/mol. The van der Waals surface area contributed by atoms with Crippen LogP contribution >= 0.6 is 23.2 Å². The highest BCUT2D eigenvalue weighted by molar-refractivity contribution is 6.35. The summed E-state index contributed by atoms with van der Waals surface area (Å²) in [5.41, 5.74) is 1.03. The highest BCUT2D eigenvalue weighted by atomic mass is 35.5. The molecule has 0 aliphatic carbocycles. The van der Waals surface area contributed by atoms with Crippen molar-refractivity contribution in [2.24, 2.45) is 5.92 Å². The van der Waals surface area contributed by atoms with Gasteiger partial charge in [-0.3, -0.25) is 0 Å². The van der Waals surface area contributed by atoms with Crippen LogP contribution in [0.3, 0.4) is 0 Å². The van der Waals surface area contributed by atoms with Gasteiger partial charge in [0.25, 0.3) is 0 Å². The van der Waals surface area contributed by atoms with Crippen molar-refractivity contribution in [2.45, 2.75) is 32.2 Å². The minimum absolute atomic E-state index is 0.211. The van der Waals surface area contributed by atoms with Crippen LogP contribution in [-0.2, 0) is 0 Å². The molecule has 3 nitrogen and oxygen atoms in total. The number of benzene rings is 1. The molecule has 1 aromatic carbocycles. The van der Waals surface area contributed by atoms with E-state index in [0.29, 0.717) is 22.6 Å². The van der Waals surface area contributed by atoms with Crippen LogP contribution < -0.4 is 10.1 Å². The van der Waals surface area contributed by atoms with Crippen molar-refractivity contribution in [3.05, 3.63) is 27.7 Å². The van der Waals surface area contributed by atoms with E-state index in [-0.39, 0.29) is 12.6 Å². The zero-order valence-corrected chi connectivity index (χ0v) is 13.2. The monoisotopic (exact) mass is 317 g/mol. The van der Waals surface area contributed by atoms with E-state index in [1.54, 1.807) is 6.07 Å². The zero-order chi connectivity index (χ0) is 14.5. The summed E-state index contributed by atoms with van der Waals surface area (Å²) >= 11 is 12.3. The van der Waals surface area contributed by atoms with Crippen molar-refractivity contribution in [2.75, 3.05) is 19.8 Å². The molecule has 112 valence electrons. The third-order valence-corrected chi connectivity index (χ3v) is 4.33. The summed E-state index contributed by atoms with van der Waals surface area (Å²) in [5.74, 6) is 1.23. The van der Waals surface area contributed by atoms with E-state index >= 15 is 0 Å². The number of aliphatic hydroxyl groups excluding tert-OH is 1. The highest BCUT2D eigenvalue weighted by Crippen LogP contribution is 2.39. The number of aliphatic hydroxyl groups is 1. The van der Waals surface area contributed by atoms with Gasteiger partial charge in [-0.15, -0.1) is 0 Å². The van der Waals surface area contributed by atoms with Crippen LogP contribution in [0.2, 0.25) is 10.0 Å². The van der Waals surface area contributed by atoms with Crippen molar-refractivity contribution >= 4 is 23.2 Å². The summed E-state index contributed by atoms with van der Waals surface area (Å²) in [6.07, 6.45) is 2.79. The lowest BCUT2D eigenvalue weighted by Crippen LogP contribution is -2.31. The zero-order valence-electron chi connectivity index (χ0n) is 11.7. The summed E-state index contributed by atoms with van der Waals surface area (Å²) in [5, 5.41) is 13.8. The van der Waals surface area contributed by atoms with E-state index in [2.05, 4.69) is 12.2 Å². The Hall–Kier alpha value is -0.480. The fourth-order valence-electron chi connectivity index (χ4n) is 2.58. The lowest BCUT2D eigenvalue weighted by molar-refractivity contribution is 0.230. The van der Waals surface area contributed by atoms with Gasteiger partial charge in [0.2, 0.25) is 0 Å². The second-order valence-corrected chi connectivity index (χ2v) is 6.03. The van der Waals surface area contributed by atoms with Gasteiger partial charge in [0.15, 0.2) is 0 Å². The number of halogens is 2. The first-order valence-electron chi connectivity index (χ1n) is 7.11. The maximum Gasteiger partial charge on any atom is 0.142 e. The molecule has 0 saturated carbocycles. The maximum atomic E-state index is 9.05. The largest absolute Gasteiger partial charge is 0.492 e. The third-order valence-electron chi connectivity index (χ3n) is 3.83. The molecular formula is C15H21Cl2NO2. The lowest BCUT2D eigenvalue weighted by atomic mass is 9.98. The Kier molecular flexibility index (Phi) is 5.97. The van der Waals surface area contributed by atoms with Gasteiger partial charge < -0.3 is 15.2 Å². The van der Waals surface area contributed by atoms with Crippen LogP contribution in [0.25, 0.3) is 0 Å². The summed E-state index contributed by atoms with van der Waals surface area (Å²) < 4.78 is 5.65. The molecule has 20 heavy (non-hydrogen) atoms. The molecule has 5 heteroatoms. The minimum Gasteiger partial charge on any atom is -0.492 e. The topological polar surface area (TPSA) is 41.5 Å². The average Bonchev–Trinajstić information content (AvgIpc) is 2.43. The Morgan fingerprint density at radius 3 is 2.95 bits per heavy atom. The van der Waals surface area contributed by atoms with Crippen LogP contribution in [-0.4, -0.2) is 24.9 Å². The van der Waals surface area contributed by atoms with Crippen LogP contribution in [0.5, 0.6) is 5.75 Å². The molecule has 0 fully saturated rings. The molecule has 1 aromatic rings. The Morgan fingerprint density at radius 1 is 1.45 bits per heavy atom. The number of hydrogen-bond donors (Lipinski definition) is 2. The lowest BCUT2D eigenvalue weighted by Gasteiger charge is -2.29. The van der Waals surface area contributed by atoms with Crippen LogP contribution in [0, 0.1) is 5.92 Å². The third kappa shape index (κ3) is 3.79. The average molecular weight is 318 g/mol. The molecule has 2 N–H and O–H groups in total. The fraction of sp³-hybridized carbons (Fsp3) is 0.600. The number of nitrogens with one attached hydrogen (secondary N) is 1. The summed E-state index contributed by atoms with van der Waals surface area (Å²) in [4.78, 5) is 0. The molecule has 0 spiro atoms. The molecule has 0 amide bonds. The van der Waals surface area contributed by atoms with Crippen LogP contribution in [0.1, 0.15) is 37.8 Å². The molecule has 0 aromatic heterocycles. The number of hydrogen-bond acceptors (Lipinski definition) is 3. The first-order chi connectivity index (χ1) is 9.65. The molecule has 1 aliphatic heterocycles. The molecular weight excluding hydrogens is 297 g/mol. The molecule has 1 heterocycles. The molecule has 0 radical (unpaired) electrons. The summed E-state index contributed by atoms with van der Waals surface area (Å²) in [7, 11) is 0. The van der Waals surface area contributed by atoms with E-state index in [1.165, 1.54) is 0 Å². The SMILES string of the molecule is CCC(CCO)CNC1CCOc2c(Cl)cc(Cl)cc21. The van der Waals surface area contributed by atoms with Crippen molar-refractivity contribution < 1.29 is 9.84 Å². The maximum absolute atomic E-state index is 9.05. The van der Waals surface area contributed by atoms with E-state index in [9.17, 15) is 0 Å². The predicted octanol–water partition coefficient (Wildman–Crippen LogP) is 3.82. The van der Waals surface area contributed by atoms with Crippen molar-refractivity contribution in [3.63, 3.8) is 0 Å². The van der Waals surface area contributed by atoms with E-state index in [1.807, 2.05) is 6.07 Å². The first-order valence-corrected chi connectivity index (χ1v) is 7.87. The molecule has 1 aliphatic rings. The molecule has 0 bridgehead atoms. The fourth-order valence-corrected chi connectivity index (χ4v) is 3.14. The van der Waals surface area contributed by atoms with Crippen molar-refractivity contribution in [1.29, 1.82) is 0 Å². The van der Waals surface area contributed by atoms with E-state index in [4.69, 9.17) is 33.0 Å². The van der Waals surface area contributed by atoms with Gasteiger partial charge in [-0.25, -0.2) is 0 Å². The van der Waals surface area contributed by atoms with Crippen LogP contribution in [0.4, 0.5) is 0 Å². The summed E-state index contributed by atoms with van der Waals surface area (Å²) in [6, 6.07) is 3.85. The van der Waals surface area contributed by atoms with Gasteiger partial charge >= 0.3 is 0 Å².